The van der Waals surface area contributed by atoms with Gasteiger partial charge in [-0.3, -0.25) is 4.79 Å². The summed E-state index contributed by atoms with van der Waals surface area (Å²) < 4.78 is 5.85. The van der Waals surface area contributed by atoms with Crippen molar-refractivity contribution < 1.29 is 9.53 Å². The van der Waals surface area contributed by atoms with Gasteiger partial charge in [0.1, 0.15) is 17.1 Å². The highest BCUT2D eigenvalue weighted by molar-refractivity contribution is 5.96. The molecule has 1 saturated carbocycles. The van der Waals surface area contributed by atoms with E-state index < -0.39 is 0 Å². The van der Waals surface area contributed by atoms with Gasteiger partial charge in [-0.05, 0) is 61.9 Å². The Balaban J connectivity index is 1.15. The molecule has 4 aromatic rings. The molecule has 2 aromatic heterocycles. The summed E-state index contributed by atoms with van der Waals surface area (Å²) in [6, 6.07) is 23.7. The number of nitrogens with zero attached hydrogens (tertiary/aromatic N) is 3. The molecular formula is C30H33N5O2. The first-order valence-corrected chi connectivity index (χ1v) is 12.9. The van der Waals surface area contributed by atoms with Crippen molar-refractivity contribution in [2.45, 2.75) is 31.7 Å². The number of anilines is 2. The van der Waals surface area contributed by atoms with Crippen LogP contribution in [0.25, 0.3) is 10.9 Å². The normalized spacial score (nSPS) is 17.2. The molecule has 7 nitrogen and oxygen atoms in total. The molecule has 0 radical (unpaired) electrons. The zero-order valence-electron chi connectivity index (χ0n) is 21.4. The lowest BCUT2D eigenvalue weighted by Crippen LogP contribution is -2.34. The van der Waals surface area contributed by atoms with Gasteiger partial charge in [0.05, 0.1) is 5.52 Å². The minimum absolute atomic E-state index is 0.157. The predicted octanol–water partition coefficient (Wildman–Crippen LogP) is 5.89. The van der Waals surface area contributed by atoms with Crippen molar-refractivity contribution in [3.63, 3.8) is 0 Å². The summed E-state index contributed by atoms with van der Waals surface area (Å²) >= 11 is 0. The number of rotatable bonds is 8. The molecule has 1 amide bonds. The molecule has 0 unspecified atom stereocenters. The summed E-state index contributed by atoms with van der Waals surface area (Å²) in [5.41, 5.74) is 2.61. The fourth-order valence-corrected chi connectivity index (χ4v) is 4.90. The minimum Gasteiger partial charge on any atom is -0.438 e. The van der Waals surface area contributed by atoms with E-state index >= 15 is 0 Å². The molecule has 37 heavy (non-hydrogen) atoms. The van der Waals surface area contributed by atoms with Crippen LogP contribution in [-0.4, -0.2) is 42.6 Å². The molecule has 0 atom stereocenters. The highest BCUT2D eigenvalue weighted by Crippen LogP contribution is 2.30. The van der Waals surface area contributed by atoms with Crippen LogP contribution in [0.2, 0.25) is 0 Å². The quantitative estimate of drug-likeness (QED) is 0.317. The number of amides is 1. The van der Waals surface area contributed by atoms with E-state index in [2.05, 4.69) is 58.9 Å². The van der Waals surface area contributed by atoms with E-state index in [9.17, 15) is 4.79 Å². The number of aromatic nitrogens is 2. The molecule has 5 rings (SSSR count). The summed E-state index contributed by atoms with van der Waals surface area (Å²) in [6.45, 7) is 0.643. The third-order valence-electron chi connectivity index (χ3n) is 6.90. The van der Waals surface area contributed by atoms with Crippen LogP contribution in [0, 0.1) is 5.92 Å². The Labute approximate surface area is 217 Å². The van der Waals surface area contributed by atoms with Crippen LogP contribution >= 0.6 is 0 Å². The van der Waals surface area contributed by atoms with E-state index in [0.717, 1.165) is 48.1 Å². The SMILES string of the molecule is CN(C)c1cc(NC2CCC(CNC(=O)c3cccnc3Oc3ccccc3)CC2)nc2ccccc12. The smallest absolute Gasteiger partial charge is 0.256 e. The second-order valence-electron chi connectivity index (χ2n) is 9.78. The molecule has 7 heteroatoms. The van der Waals surface area contributed by atoms with E-state index in [1.165, 1.54) is 0 Å². The Morgan fingerprint density at radius 2 is 1.73 bits per heavy atom. The van der Waals surface area contributed by atoms with Gasteiger partial charge in [-0.25, -0.2) is 9.97 Å². The zero-order chi connectivity index (χ0) is 25.6. The van der Waals surface area contributed by atoms with Crippen molar-refractivity contribution in [1.29, 1.82) is 0 Å². The standard InChI is InChI=1S/C30H33N5O2/c1-35(2)27-19-28(34-26-13-7-6-11-24(26)27)33-22-16-14-21(15-17-22)20-32-29(36)25-12-8-18-31-30(25)37-23-9-4-3-5-10-23/h3-13,18-19,21-22H,14-17,20H2,1-2H3,(H,32,36)(H,33,34). The topological polar surface area (TPSA) is 79.4 Å². The van der Waals surface area contributed by atoms with E-state index in [4.69, 9.17) is 9.72 Å². The number of hydrogen-bond acceptors (Lipinski definition) is 6. The molecule has 1 aliphatic rings. The molecule has 0 saturated heterocycles. The van der Waals surface area contributed by atoms with Crippen molar-refractivity contribution in [1.82, 2.24) is 15.3 Å². The number of nitrogens with one attached hydrogen (secondary N) is 2. The Morgan fingerprint density at radius 3 is 2.51 bits per heavy atom. The van der Waals surface area contributed by atoms with Crippen molar-refractivity contribution in [3.8, 4) is 11.6 Å². The van der Waals surface area contributed by atoms with Gasteiger partial charge >= 0.3 is 0 Å². The van der Waals surface area contributed by atoms with Crippen LogP contribution in [0.1, 0.15) is 36.0 Å². The molecular weight excluding hydrogens is 462 g/mol. The molecule has 190 valence electrons. The molecule has 0 aliphatic heterocycles. The first-order chi connectivity index (χ1) is 18.1. The van der Waals surface area contributed by atoms with Gasteiger partial charge < -0.3 is 20.3 Å². The zero-order valence-corrected chi connectivity index (χ0v) is 21.4. The van der Waals surface area contributed by atoms with E-state index in [1.54, 1.807) is 18.3 Å². The Bertz CT molecular complexity index is 1350. The van der Waals surface area contributed by atoms with Gasteiger partial charge in [-0.1, -0.05) is 36.4 Å². The lowest BCUT2D eigenvalue weighted by atomic mass is 9.86. The Morgan fingerprint density at radius 1 is 0.973 bits per heavy atom. The third-order valence-corrected chi connectivity index (χ3v) is 6.90. The maximum Gasteiger partial charge on any atom is 0.256 e. The molecule has 2 heterocycles. The maximum atomic E-state index is 12.9. The summed E-state index contributed by atoms with van der Waals surface area (Å²) in [5.74, 6) is 2.18. The number of benzene rings is 2. The second kappa shape index (κ2) is 11.3. The predicted molar refractivity (Wildman–Crippen MR) is 149 cm³/mol. The number of para-hydroxylation sites is 2. The number of carbonyl (C=O) groups is 1. The van der Waals surface area contributed by atoms with Gasteiger partial charge in [0, 0.05) is 50.0 Å². The fourth-order valence-electron chi connectivity index (χ4n) is 4.90. The van der Waals surface area contributed by atoms with Crippen LogP contribution in [-0.2, 0) is 0 Å². The van der Waals surface area contributed by atoms with E-state index in [-0.39, 0.29) is 5.91 Å². The summed E-state index contributed by atoms with van der Waals surface area (Å²) in [4.78, 5) is 24.2. The largest absolute Gasteiger partial charge is 0.438 e. The Kier molecular flexibility index (Phi) is 7.49. The van der Waals surface area contributed by atoms with Crippen molar-refractivity contribution in [2.75, 3.05) is 30.9 Å². The van der Waals surface area contributed by atoms with Crippen molar-refractivity contribution in [3.05, 3.63) is 84.6 Å². The van der Waals surface area contributed by atoms with E-state index in [1.807, 2.05) is 36.4 Å². The highest BCUT2D eigenvalue weighted by atomic mass is 16.5. The Hall–Kier alpha value is -4.13. The number of ether oxygens (including phenoxy) is 1. The van der Waals surface area contributed by atoms with Crippen LogP contribution in [0.5, 0.6) is 11.6 Å². The highest BCUT2D eigenvalue weighted by Gasteiger charge is 2.23. The molecule has 0 bridgehead atoms. The van der Waals surface area contributed by atoms with Gasteiger partial charge in [0.25, 0.3) is 5.91 Å². The first-order valence-electron chi connectivity index (χ1n) is 12.9. The average molecular weight is 496 g/mol. The van der Waals surface area contributed by atoms with Gasteiger partial charge in [0.2, 0.25) is 5.88 Å². The fraction of sp³-hybridized carbons (Fsp3) is 0.300. The van der Waals surface area contributed by atoms with Crippen LogP contribution < -0.4 is 20.3 Å². The molecule has 1 fully saturated rings. The van der Waals surface area contributed by atoms with Crippen molar-refractivity contribution >= 4 is 28.3 Å². The number of hydrogen-bond donors (Lipinski definition) is 2. The van der Waals surface area contributed by atoms with Gasteiger partial charge in [-0.2, -0.15) is 0 Å². The average Bonchev–Trinajstić information content (AvgIpc) is 2.93. The second-order valence-corrected chi connectivity index (χ2v) is 9.78. The lowest BCUT2D eigenvalue weighted by Gasteiger charge is -2.30. The monoisotopic (exact) mass is 495 g/mol. The van der Waals surface area contributed by atoms with Crippen molar-refractivity contribution in [2.24, 2.45) is 5.92 Å². The van der Waals surface area contributed by atoms with E-state index in [0.29, 0.717) is 35.7 Å². The lowest BCUT2D eigenvalue weighted by molar-refractivity contribution is 0.0940. The van der Waals surface area contributed by atoms with Gasteiger partial charge in [-0.15, -0.1) is 0 Å². The number of pyridine rings is 2. The third kappa shape index (κ3) is 6.00. The maximum absolute atomic E-state index is 12.9. The molecule has 1 aliphatic carbocycles. The van der Waals surface area contributed by atoms with Crippen LogP contribution in [0.15, 0.2) is 79.0 Å². The number of fused-ring (bicyclic) bond motifs is 1. The molecule has 0 spiro atoms. The molecule has 2 N–H and O–H groups in total. The van der Waals surface area contributed by atoms with Crippen LogP contribution in [0.3, 0.4) is 0 Å². The van der Waals surface area contributed by atoms with Gasteiger partial charge in [0.15, 0.2) is 0 Å². The first kappa shape index (κ1) is 24.6. The number of carbonyl (C=O) groups excluding carboxylic acids is 1. The summed E-state index contributed by atoms with van der Waals surface area (Å²) in [5, 5.41) is 7.92. The summed E-state index contributed by atoms with van der Waals surface area (Å²) in [6.07, 6.45) is 5.82. The molecule has 2 aromatic carbocycles. The van der Waals surface area contributed by atoms with Crippen LogP contribution in [0.4, 0.5) is 11.5 Å². The summed E-state index contributed by atoms with van der Waals surface area (Å²) in [7, 11) is 4.13. The minimum atomic E-state index is -0.157.